The maximum Gasteiger partial charge on any atom is 0.225 e. The van der Waals surface area contributed by atoms with Crippen LogP contribution in [0.4, 0.5) is 5.82 Å². The van der Waals surface area contributed by atoms with E-state index in [4.69, 9.17) is 5.10 Å². The molecule has 4 rings (SSSR count). The van der Waals surface area contributed by atoms with Gasteiger partial charge in [-0.05, 0) is 44.0 Å². The first-order chi connectivity index (χ1) is 13.3. The lowest BCUT2D eigenvalue weighted by molar-refractivity contribution is -0.116. The second-order valence-corrected chi connectivity index (χ2v) is 6.97. The molecule has 6 heteroatoms. The minimum absolute atomic E-state index is 0. The van der Waals surface area contributed by atoms with Gasteiger partial charge >= 0.3 is 0 Å². The summed E-state index contributed by atoms with van der Waals surface area (Å²) < 4.78 is 1.80. The van der Waals surface area contributed by atoms with Crippen molar-refractivity contribution in [3.05, 3.63) is 66.7 Å². The molecule has 5 nitrogen and oxygen atoms in total. The first-order valence-corrected chi connectivity index (χ1v) is 9.51. The van der Waals surface area contributed by atoms with Gasteiger partial charge in [0.05, 0.1) is 11.4 Å². The molecule has 0 radical (unpaired) electrons. The maximum absolute atomic E-state index is 12.5. The predicted molar refractivity (Wildman–Crippen MR) is 115 cm³/mol. The Hall–Kier alpha value is -2.63. The Morgan fingerprint density at radius 1 is 1.11 bits per heavy atom. The number of anilines is 1. The van der Waals surface area contributed by atoms with Gasteiger partial charge in [-0.3, -0.25) is 4.79 Å². The summed E-state index contributed by atoms with van der Waals surface area (Å²) in [4.78, 5) is 12.5. The molecular formula is C22H25ClN4O. The number of carbonyl (C=O) groups is 1. The quantitative estimate of drug-likeness (QED) is 0.653. The van der Waals surface area contributed by atoms with Gasteiger partial charge in [-0.2, -0.15) is 5.10 Å². The second-order valence-electron chi connectivity index (χ2n) is 6.97. The molecule has 1 amide bonds. The molecular weight excluding hydrogens is 372 g/mol. The van der Waals surface area contributed by atoms with Crippen molar-refractivity contribution in [3.63, 3.8) is 0 Å². The summed E-state index contributed by atoms with van der Waals surface area (Å²) in [6, 6.07) is 21.8. The summed E-state index contributed by atoms with van der Waals surface area (Å²) in [6.45, 7) is 2.08. The molecule has 1 saturated heterocycles. The average Bonchev–Trinajstić information content (AvgIpc) is 3.38. The molecule has 146 valence electrons. The first kappa shape index (κ1) is 20.1. The van der Waals surface area contributed by atoms with Crippen LogP contribution in [0.3, 0.4) is 0 Å². The van der Waals surface area contributed by atoms with Gasteiger partial charge in [-0.25, -0.2) is 4.68 Å². The molecule has 28 heavy (non-hydrogen) atoms. The van der Waals surface area contributed by atoms with Crippen LogP contribution in [0.25, 0.3) is 16.9 Å². The van der Waals surface area contributed by atoms with Gasteiger partial charge in [0.1, 0.15) is 5.82 Å². The zero-order chi connectivity index (χ0) is 18.5. The van der Waals surface area contributed by atoms with E-state index in [1.807, 2.05) is 66.7 Å². The van der Waals surface area contributed by atoms with Crippen molar-refractivity contribution in [2.45, 2.75) is 19.3 Å². The Bertz CT molecular complexity index is 889. The molecule has 1 unspecified atom stereocenters. The van der Waals surface area contributed by atoms with E-state index >= 15 is 0 Å². The smallest absolute Gasteiger partial charge is 0.225 e. The van der Waals surface area contributed by atoms with Crippen molar-refractivity contribution >= 4 is 24.1 Å². The highest BCUT2D eigenvalue weighted by atomic mass is 35.5. The van der Waals surface area contributed by atoms with Crippen molar-refractivity contribution < 1.29 is 4.79 Å². The van der Waals surface area contributed by atoms with Crippen LogP contribution in [0.2, 0.25) is 0 Å². The van der Waals surface area contributed by atoms with Gasteiger partial charge in [-0.1, -0.05) is 48.5 Å². The van der Waals surface area contributed by atoms with Crippen LogP contribution >= 0.6 is 12.4 Å². The highest BCUT2D eigenvalue weighted by Crippen LogP contribution is 2.25. The van der Waals surface area contributed by atoms with Gasteiger partial charge in [-0.15, -0.1) is 12.4 Å². The number of nitrogens with one attached hydrogen (secondary N) is 2. The van der Waals surface area contributed by atoms with Crippen LogP contribution in [0.5, 0.6) is 0 Å². The molecule has 1 fully saturated rings. The number of halogens is 1. The van der Waals surface area contributed by atoms with Crippen molar-refractivity contribution in [3.8, 4) is 16.9 Å². The minimum atomic E-state index is 0. The highest BCUT2D eigenvalue weighted by Gasteiger charge is 2.17. The van der Waals surface area contributed by atoms with Gasteiger partial charge < -0.3 is 10.6 Å². The molecule has 0 bridgehead atoms. The van der Waals surface area contributed by atoms with E-state index in [1.165, 1.54) is 0 Å². The number of aromatic nitrogens is 2. The van der Waals surface area contributed by atoms with Crippen LogP contribution in [0.1, 0.15) is 19.3 Å². The lowest BCUT2D eigenvalue weighted by Gasteiger charge is -2.10. The number of amides is 1. The number of rotatable bonds is 6. The SMILES string of the molecule is Cl.O=C(CCC1CCNC1)Nc1cc(-c2ccccc2)nn1-c1ccccc1. The Balaban J connectivity index is 0.00000225. The monoisotopic (exact) mass is 396 g/mol. The number of para-hydroxylation sites is 1. The summed E-state index contributed by atoms with van der Waals surface area (Å²) in [6.07, 6.45) is 2.62. The normalized spacial score (nSPS) is 15.8. The van der Waals surface area contributed by atoms with E-state index in [0.717, 1.165) is 42.9 Å². The fourth-order valence-electron chi connectivity index (χ4n) is 3.49. The topological polar surface area (TPSA) is 59.0 Å². The molecule has 2 N–H and O–H groups in total. The van der Waals surface area contributed by atoms with E-state index < -0.39 is 0 Å². The number of hydrogen-bond donors (Lipinski definition) is 2. The molecule has 1 aromatic heterocycles. The van der Waals surface area contributed by atoms with Crippen LogP contribution < -0.4 is 10.6 Å². The Morgan fingerprint density at radius 2 is 1.82 bits per heavy atom. The molecule has 0 saturated carbocycles. The van der Waals surface area contributed by atoms with Crippen molar-refractivity contribution in [1.29, 1.82) is 0 Å². The van der Waals surface area contributed by atoms with E-state index in [0.29, 0.717) is 18.2 Å². The fraction of sp³-hybridized carbons (Fsp3) is 0.273. The molecule has 2 aromatic carbocycles. The third kappa shape index (κ3) is 4.80. The second kappa shape index (κ2) is 9.53. The summed E-state index contributed by atoms with van der Waals surface area (Å²) >= 11 is 0. The van der Waals surface area contributed by atoms with Crippen molar-refractivity contribution in [2.75, 3.05) is 18.4 Å². The van der Waals surface area contributed by atoms with E-state index in [2.05, 4.69) is 10.6 Å². The van der Waals surface area contributed by atoms with E-state index in [-0.39, 0.29) is 18.3 Å². The lowest BCUT2D eigenvalue weighted by Crippen LogP contribution is -2.17. The summed E-state index contributed by atoms with van der Waals surface area (Å²) in [5.41, 5.74) is 2.80. The van der Waals surface area contributed by atoms with E-state index in [9.17, 15) is 4.79 Å². The predicted octanol–water partition coefficient (Wildman–Crippen LogP) is 4.29. The Labute approximate surface area is 171 Å². The number of hydrogen-bond acceptors (Lipinski definition) is 3. The molecule has 0 aliphatic carbocycles. The maximum atomic E-state index is 12.5. The van der Waals surface area contributed by atoms with Gasteiger partial charge in [0.2, 0.25) is 5.91 Å². The zero-order valence-corrected chi connectivity index (χ0v) is 16.5. The summed E-state index contributed by atoms with van der Waals surface area (Å²) in [7, 11) is 0. The lowest BCUT2D eigenvalue weighted by atomic mass is 10.0. The number of nitrogens with zero attached hydrogens (tertiary/aromatic N) is 2. The molecule has 2 heterocycles. The summed E-state index contributed by atoms with van der Waals surface area (Å²) in [5.74, 6) is 1.35. The van der Waals surface area contributed by atoms with Crippen molar-refractivity contribution in [2.24, 2.45) is 5.92 Å². The van der Waals surface area contributed by atoms with Gasteiger partial charge in [0, 0.05) is 18.1 Å². The third-order valence-electron chi connectivity index (χ3n) is 4.99. The largest absolute Gasteiger partial charge is 0.316 e. The molecule has 0 spiro atoms. The van der Waals surface area contributed by atoms with Crippen LogP contribution in [0.15, 0.2) is 66.7 Å². The zero-order valence-electron chi connectivity index (χ0n) is 15.7. The molecule has 1 aliphatic heterocycles. The average molecular weight is 397 g/mol. The van der Waals surface area contributed by atoms with Gasteiger partial charge in [0.25, 0.3) is 0 Å². The molecule has 1 aliphatic rings. The van der Waals surface area contributed by atoms with Crippen LogP contribution in [-0.2, 0) is 4.79 Å². The summed E-state index contributed by atoms with van der Waals surface area (Å²) in [5, 5.41) is 11.1. The van der Waals surface area contributed by atoms with E-state index in [1.54, 1.807) is 4.68 Å². The van der Waals surface area contributed by atoms with Crippen LogP contribution in [0, 0.1) is 5.92 Å². The minimum Gasteiger partial charge on any atom is -0.316 e. The Kier molecular flexibility index (Phi) is 6.85. The third-order valence-corrected chi connectivity index (χ3v) is 4.99. The highest BCUT2D eigenvalue weighted by molar-refractivity contribution is 5.90. The van der Waals surface area contributed by atoms with Crippen molar-refractivity contribution in [1.82, 2.24) is 15.1 Å². The first-order valence-electron chi connectivity index (χ1n) is 9.51. The van der Waals surface area contributed by atoms with Gasteiger partial charge in [0.15, 0.2) is 0 Å². The number of benzene rings is 2. The number of carbonyl (C=O) groups excluding carboxylic acids is 1. The Morgan fingerprint density at radius 3 is 2.50 bits per heavy atom. The molecule has 1 atom stereocenters. The fourth-order valence-corrected chi connectivity index (χ4v) is 3.49. The molecule has 3 aromatic rings. The van der Waals surface area contributed by atoms with Crippen LogP contribution in [-0.4, -0.2) is 28.8 Å². The standard InChI is InChI=1S/C22H24N4O.ClH/c27-22(12-11-17-13-14-23-16-17)24-21-15-20(18-7-3-1-4-8-18)25-26(21)19-9-5-2-6-10-19;/h1-10,15,17,23H,11-14,16H2,(H,24,27);1H.